The first-order valence-corrected chi connectivity index (χ1v) is 4.49. The van der Waals surface area contributed by atoms with Crippen molar-refractivity contribution in [3.8, 4) is 0 Å². The molecule has 58 valence electrons. The third kappa shape index (κ3) is 2.14. The van der Waals surface area contributed by atoms with E-state index in [9.17, 15) is 4.39 Å². The lowest BCUT2D eigenvalue weighted by Crippen LogP contribution is -1.79. The van der Waals surface area contributed by atoms with Crippen molar-refractivity contribution < 1.29 is 4.39 Å². The molecular weight excluding hydrogens is 275 g/mol. The average Bonchev–Trinajstić information content (AvgIpc) is 1.94. The van der Waals surface area contributed by atoms with E-state index < -0.39 is 0 Å². The summed E-state index contributed by atoms with van der Waals surface area (Å²) in [5, 5.41) is 0. The standard InChI is InChI=1S/C8H5Br2F/c1-5(9)6-2-3-8(11)7(10)4-6/h2-4H,1H2. The first-order valence-electron chi connectivity index (χ1n) is 2.91. The fourth-order valence-electron chi connectivity index (χ4n) is 0.665. The lowest BCUT2D eigenvalue weighted by atomic mass is 10.2. The summed E-state index contributed by atoms with van der Waals surface area (Å²) in [5.41, 5.74) is 0.873. The molecule has 0 unspecified atom stereocenters. The molecule has 0 N–H and O–H groups in total. The normalized spacial score (nSPS) is 9.73. The fourth-order valence-corrected chi connectivity index (χ4v) is 1.29. The minimum Gasteiger partial charge on any atom is -0.206 e. The maximum absolute atomic E-state index is 12.7. The van der Waals surface area contributed by atoms with Crippen LogP contribution in [0.4, 0.5) is 4.39 Å². The van der Waals surface area contributed by atoms with Crippen molar-refractivity contribution in [3.63, 3.8) is 0 Å². The first-order chi connectivity index (χ1) is 5.11. The van der Waals surface area contributed by atoms with Crippen molar-refractivity contribution in [1.29, 1.82) is 0 Å². The van der Waals surface area contributed by atoms with Crippen LogP contribution in [-0.2, 0) is 0 Å². The van der Waals surface area contributed by atoms with Crippen molar-refractivity contribution in [2.24, 2.45) is 0 Å². The molecule has 3 heteroatoms. The van der Waals surface area contributed by atoms with Gasteiger partial charge in [-0.3, -0.25) is 0 Å². The molecule has 0 saturated carbocycles. The van der Waals surface area contributed by atoms with Crippen molar-refractivity contribution in [1.82, 2.24) is 0 Å². The topological polar surface area (TPSA) is 0 Å². The molecule has 0 aliphatic carbocycles. The smallest absolute Gasteiger partial charge is 0.137 e. The van der Waals surface area contributed by atoms with E-state index in [-0.39, 0.29) is 5.82 Å². The zero-order valence-electron chi connectivity index (χ0n) is 5.57. The molecule has 11 heavy (non-hydrogen) atoms. The Hall–Kier alpha value is -0.150. The van der Waals surface area contributed by atoms with Crippen LogP contribution in [0.25, 0.3) is 4.48 Å². The summed E-state index contributed by atoms with van der Waals surface area (Å²) >= 11 is 6.28. The van der Waals surface area contributed by atoms with Gasteiger partial charge in [-0.2, -0.15) is 0 Å². The van der Waals surface area contributed by atoms with E-state index in [1.54, 1.807) is 12.1 Å². The molecule has 0 amide bonds. The summed E-state index contributed by atoms with van der Waals surface area (Å²) < 4.78 is 13.9. The zero-order valence-corrected chi connectivity index (χ0v) is 8.75. The molecule has 0 heterocycles. The van der Waals surface area contributed by atoms with Crippen LogP contribution in [0.1, 0.15) is 5.56 Å². The van der Waals surface area contributed by atoms with Gasteiger partial charge < -0.3 is 0 Å². The second-order valence-electron chi connectivity index (χ2n) is 2.03. The molecule has 1 rings (SSSR count). The monoisotopic (exact) mass is 278 g/mol. The number of hydrogen-bond acceptors (Lipinski definition) is 0. The van der Waals surface area contributed by atoms with E-state index in [4.69, 9.17) is 0 Å². The van der Waals surface area contributed by atoms with E-state index >= 15 is 0 Å². The van der Waals surface area contributed by atoms with E-state index in [1.165, 1.54) is 6.07 Å². The summed E-state index contributed by atoms with van der Waals surface area (Å²) in [4.78, 5) is 0. The summed E-state index contributed by atoms with van der Waals surface area (Å²) in [5.74, 6) is -0.262. The zero-order chi connectivity index (χ0) is 8.43. The van der Waals surface area contributed by atoms with Crippen molar-refractivity contribution in [3.05, 3.63) is 40.6 Å². The Balaban J connectivity index is 3.15. The molecule has 0 aromatic heterocycles. The van der Waals surface area contributed by atoms with E-state index in [2.05, 4.69) is 38.4 Å². The fraction of sp³-hybridized carbons (Fsp3) is 0. The third-order valence-electron chi connectivity index (χ3n) is 1.23. The van der Waals surface area contributed by atoms with Crippen LogP contribution in [0.15, 0.2) is 29.3 Å². The van der Waals surface area contributed by atoms with Crippen LogP contribution in [0.2, 0.25) is 0 Å². The van der Waals surface area contributed by atoms with E-state index in [0.717, 1.165) is 10.0 Å². The maximum atomic E-state index is 12.7. The number of benzene rings is 1. The Morgan fingerprint density at radius 3 is 2.55 bits per heavy atom. The van der Waals surface area contributed by atoms with Gasteiger partial charge in [0.2, 0.25) is 0 Å². The van der Waals surface area contributed by atoms with Gasteiger partial charge in [-0.25, -0.2) is 4.39 Å². The highest BCUT2D eigenvalue weighted by Gasteiger charge is 2.00. The van der Waals surface area contributed by atoms with Gasteiger partial charge in [0.25, 0.3) is 0 Å². The molecule has 1 aromatic carbocycles. The molecule has 0 atom stereocenters. The van der Waals surface area contributed by atoms with Crippen LogP contribution >= 0.6 is 31.9 Å². The molecule has 0 aliphatic rings. The van der Waals surface area contributed by atoms with Crippen LogP contribution < -0.4 is 0 Å². The minimum atomic E-state index is -0.262. The van der Waals surface area contributed by atoms with Gasteiger partial charge in [0.05, 0.1) is 4.47 Å². The summed E-state index contributed by atoms with van der Waals surface area (Å²) in [6.45, 7) is 3.67. The Morgan fingerprint density at radius 1 is 1.45 bits per heavy atom. The van der Waals surface area contributed by atoms with Crippen molar-refractivity contribution in [2.45, 2.75) is 0 Å². The lowest BCUT2D eigenvalue weighted by molar-refractivity contribution is 0.621. The minimum absolute atomic E-state index is 0.262. The summed E-state index contributed by atoms with van der Waals surface area (Å²) in [6.07, 6.45) is 0. The molecule has 0 aliphatic heterocycles. The van der Waals surface area contributed by atoms with Crippen LogP contribution in [0.3, 0.4) is 0 Å². The Labute approximate surface area is 81.4 Å². The molecule has 0 nitrogen and oxygen atoms in total. The number of hydrogen-bond donors (Lipinski definition) is 0. The SMILES string of the molecule is C=C(Br)c1ccc(F)c(Br)c1. The largest absolute Gasteiger partial charge is 0.206 e. The van der Waals surface area contributed by atoms with Crippen LogP contribution in [0, 0.1) is 5.82 Å². The van der Waals surface area contributed by atoms with Gasteiger partial charge >= 0.3 is 0 Å². The van der Waals surface area contributed by atoms with E-state index in [0.29, 0.717) is 4.47 Å². The Bertz CT molecular complexity index is 294. The number of halogens is 3. The second-order valence-corrected chi connectivity index (χ2v) is 3.85. The van der Waals surface area contributed by atoms with Gasteiger partial charge in [0, 0.05) is 4.48 Å². The van der Waals surface area contributed by atoms with Gasteiger partial charge in [-0.1, -0.05) is 28.6 Å². The first kappa shape index (κ1) is 8.94. The molecule has 0 saturated heterocycles. The lowest BCUT2D eigenvalue weighted by Gasteiger charge is -1.98. The summed E-state index contributed by atoms with van der Waals surface area (Å²) in [7, 11) is 0. The molecule has 0 radical (unpaired) electrons. The molecule has 1 aromatic rings. The number of rotatable bonds is 1. The van der Waals surface area contributed by atoms with Crippen LogP contribution in [-0.4, -0.2) is 0 Å². The molecule has 0 bridgehead atoms. The average molecular weight is 280 g/mol. The van der Waals surface area contributed by atoms with Gasteiger partial charge in [0.15, 0.2) is 0 Å². The maximum Gasteiger partial charge on any atom is 0.137 e. The Kier molecular flexibility index (Phi) is 2.84. The summed E-state index contributed by atoms with van der Waals surface area (Å²) in [6, 6.07) is 4.73. The van der Waals surface area contributed by atoms with Gasteiger partial charge in [-0.05, 0) is 33.6 Å². The second kappa shape index (κ2) is 3.50. The highest BCUT2D eigenvalue weighted by molar-refractivity contribution is 9.15. The third-order valence-corrected chi connectivity index (χ3v) is 2.30. The highest BCUT2D eigenvalue weighted by Crippen LogP contribution is 2.23. The quantitative estimate of drug-likeness (QED) is 0.730. The molecule has 0 spiro atoms. The highest BCUT2D eigenvalue weighted by atomic mass is 79.9. The predicted octanol–water partition coefficient (Wildman–Crippen LogP) is 3.95. The van der Waals surface area contributed by atoms with Gasteiger partial charge in [0.1, 0.15) is 5.82 Å². The van der Waals surface area contributed by atoms with Gasteiger partial charge in [-0.15, -0.1) is 0 Å². The predicted molar refractivity (Wildman–Crippen MR) is 52.1 cm³/mol. The van der Waals surface area contributed by atoms with Crippen molar-refractivity contribution >= 4 is 36.3 Å². The van der Waals surface area contributed by atoms with Crippen molar-refractivity contribution in [2.75, 3.05) is 0 Å². The van der Waals surface area contributed by atoms with E-state index in [1.807, 2.05) is 0 Å². The Morgan fingerprint density at radius 2 is 2.09 bits per heavy atom. The molecule has 0 fully saturated rings. The molecular formula is C8H5Br2F. The van der Waals surface area contributed by atoms with Crippen LogP contribution in [0.5, 0.6) is 0 Å².